The summed E-state index contributed by atoms with van der Waals surface area (Å²) in [5.74, 6) is 1.36. The van der Waals surface area contributed by atoms with Crippen molar-refractivity contribution >= 4 is 17.7 Å². The number of aromatic nitrogens is 2. The highest BCUT2D eigenvalue weighted by Crippen LogP contribution is 2.29. The molecule has 0 saturated carbocycles. The van der Waals surface area contributed by atoms with Gasteiger partial charge in [0.05, 0.1) is 16.3 Å². The first-order chi connectivity index (χ1) is 9.90. The lowest BCUT2D eigenvalue weighted by Crippen LogP contribution is -2.01. The Kier molecular flexibility index (Phi) is 4.84. The first kappa shape index (κ1) is 15.8. The molecule has 0 fully saturated rings. The van der Waals surface area contributed by atoms with Gasteiger partial charge in [0.2, 0.25) is 5.89 Å². The maximum absolute atomic E-state index is 6.15. The van der Waals surface area contributed by atoms with Crippen LogP contribution in [0.25, 0.3) is 17.5 Å². The first-order valence-corrected chi connectivity index (χ1v) is 7.54. The maximum atomic E-state index is 6.15. The number of oxazole rings is 1. The number of aryl methyl sites for hydroxylation is 1. The van der Waals surface area contributed by atoms with E-state index in [1.807, 2.05) is 12.1 Å². The molecule has 0 unspecified atom stereocenters. The third kappa shape index (κ3) is 4.18. The highest BCUT2D eigenvalue weighted by atomic mass is 35.5. The molecule has 0 atom stereocenters. The van der Waals surface area contributed by atoms with Crippen molar-refractivity contribution in [2.24, 2.45) is 5.41 Å². The van der Waals surface area contributed by atoms with Gasteiger partial charge in [-0.15, -0.1) is 0 Å². The summed E-state index contributed by atoms with van der Waals surface area (Å²) >= 11 is 6.15. The van der Waals surface area contributed by atoms with Crippen LogP contribution in [0.2, 0.25) is 5.02 Å². The molecule has 2 aromatic rings. The zero-order valence-corrected chi connectivity index (χ0v) is 13.7. The van der Waals surface area contributed by atoms with Crippen LogP contribution >= 0.6 is 11.6 Å². The molecule has 0 aliphatic heterocycles. The predicted octanol–water partition coefficient (Wildman–Crippen LogP) is 5.40. The van der Waals surface area contributed by atoms with Gasteiger partial charge in [-0.2, -0.15) is 0 Å². The van der Waals surface area contributed by atoms with Crippen LogP contribution in [-0.4, -0.2) is 9.97 Å². The molecule has 0 N–H and O–H groups in total. The number of rotatable bonds is 4. The van der Waals surface area contributed by atoms with Gasteiger partial charge in [-0.1, -0.05) is 45.4 Å². The van der Waals surface area contributed by atoms with E-state index < -0.39 is 0 Å². The molecule has 3 nitrogen and oxygen atoms in total. The second-order valence-corrected chi connectivity index (χ2v) is 6.61. The van der Waals surface area contributed by atoms with Crippen LogP contribution < -0.4 is 0 Å². The van der Waals surface area contributed by atoms with E-state index in [1.165, 1.54) is 0 Å². The molecule has 0 aliphatic carbocycles. The second-order valence-electron chi connectivity index (χ2n) is 6.21. The van der Waals surface area contributed by atoms with E-state index in [1.54, 1.807) is 12.4 Å². The van der Waals surface area contributed by atoms with Crippen LogP contribution in [0, 0.1) is 5.41 Å². The van der Waals surface area contributed by atoms with Crippen LogP contribution in [0.15, 0.2) is 29.0 Å². The monoisotopic (exact) mass is 304 g/mol. The Morgan fingerprint density at radius 2 is 2.10 bits per heavy atom. The largest absolute Gasteiger partial charge is 0.436 e. The summed E-state index contributed by atoms with van der Waals surface area (Å²) in [5, 5.41) is 0.548. The van der Waals surface area contributed by atoms with E-state index in [0.717, 1.165) is 29.9 Å². The van der Waals surface area contributed by atoms with Gasteiger partial charge in [-0.25, -0.2) is 4.98 Å². The van der Waals surface area contributed by atoms with Crippen molar-refractivity contribution in [2.75, 3.05) is 0 Å². The molecule has 2 rings (SSSR count). The van der Waals surface area contributed by atoms with Crippen molar-refractivity contribution in [3.8, 4) is 11.5 Å². The van der Waals surface area contributed by atoms with Gasteiger partial charge < -0.3 is 4.42 Å². The zero-order valence-electron chi connectivity index (χ0n) is 13.0. The average molecular weight is 305 g/mol. The van der Waals surface area contributed by atoms with E-state index in [-0.39, 0.29) is 5.41 Å². The van der Waals surface area contributed by atoms with E-state index in [4.69, 9.17) is 16.0 Å². The van der Waals surface area contributed by atoms with E-state index >= 15 is 0 Å². The van der Waals surface area contributed by atoms with Crippen molar-refractivity contribution in [1.82, 2.24) is 9.97 Å². The van der Waals surface area contributed by atoms with Crippen molar-refractivity contribution in [2.45, 2.75) is 40.5 Å². The highest BCUT2D eigenvalue weighted by Gasteiger charge is 2.14. The molecule has 21 heavy (non-hydrogen) atoms. The van der Waals surface area contributed by atoms with Crippen molar-refractivity contribution in [1.29, 1.82) is 0 Å². The Morgan fingerprint density at radius 3 is 2.71 bits per heavy atom. The fraction of sp³-hybridized carbons (Fsp3) is 0.412. The van der Waals surface area contributed by atoms with Crippen molar-refractivity contribution in [3.05, 3.63) is 41.0 Å². The van der Waals surface area contributed by atoms with Gasteiger partial charge in [0, 0.05) is 12.4 Å². The predicted molar refractivity (Wildman–Crippen MR) is 87.2 cm³/mol. The lowest BCUT2D eigenvalue weighted by atomic mass is 9.92. The Balaban J connectivity index is 2.30. The molecule has 0 spiro atoms. The summed E-state index contributed by atoms with van der Waals surface area (Å²) in [4.78, 5) is 8.53. The van der Waals surface area contributed by atoms with Crippen LogP contribution in [0.4, 0.5) is 0 Å². The SMILES string of the molecule is CCc1nc(-c2ccncc2Cl)oc1/C=C\CC(C)(C)C. The van der Waals surface area contributed by atoms with Crippen LogP contribution in [0.1, 0.15) is 45.6 Å². The second kappa shape index (κ2) is 6.44. The number of hydrogen-bond donors (Lipinski definition) is 0. The maximum Gasteiger partial charge on any atom is 0.228 e. The molecule has 0 aromatic carbocycles. The number of pyridine rings is 1. The minimum atomic E-state index is 0.264. The third-order valence-electron chi connectivity index (χ3n) is 3.06. The Morgan fingerprint density at radius 1 is 1.33 bits per heavy atom. The number of nitrogens with zero attached hydrogens (tertiary/aromatic N) is 2. The van der Waals surface area contributed by atoms with Gasteiger partial charge in [-0.05, 0) is 30.4 Å². The Bertz CT molecular complexity index is 638. The quantitative estimate of drug-likeness (QED) is 0.759. The average Bonchev–Trinajstić information content (AvgIpc) is 2.81. The minimum absolute atomic E-state index is 0.264. The fourth-order valence-electron chi connectivity index (χ4n) is 1.93. The van der Waals surface area contributed by atoms with Gasteiger partial charge in [-0.3, -0.25) is 4.98 Å². The molecule has 0 radical (unpaired) electrons. The van der Waals surface area contributed by atoms with Gasteiger partial charge in [0.1, 0.15) is 0 Å². The first-order valence-electron chi connectivity index (χ1n) is 7.17. The topological polar surface area (TPSA) is 38.9 Å². The highest BCUT2D eigenvalue weighted by molar-refractivity contribution is 6.33. The molecule has 112 valence electrons. The number of allylic oxidation sites excluding steroid dienone is 1. The zero-order chi connectivity index (χ0) is 15.5. The molecule has 0 bridgehead atoms. The summed E-state index contributed by atoms with van der Waals surface area (Å²) in [6, 6.07) is 1.82. The molecular formula is C17H21ClN2O. The molecule has 0 aliphatic rings. The smallest absolute Gasteiger partial charge is 0.228 e. The fourth-order valence-corrected chi connectivity index (χ4v) is 2.13. The van der Waals surface area contributed by atoms with E-state index in [9.17, 15) is 0 Å². The Labute approximate surface area is 131 Å². The lowest BCUT2D eigenvalue weighted by molar-refractivity contribution is 0.421. The Hall–Kier alpha value is -1.61. The number of hydrogen-bond acceptors (Lipinski definition) is 3. The molecule has 4 heteroatoms. The standard InChI is InChI=1S/C17H21ClN2O/c1-5-14-15(7-6-9-17(2,3)4)21-16(20-14)12-8-10-19-11-13(12)18/h6-8,10-11H,5,9H2,1-4H3/b7-6-. The summed E-state index contributed by atoms with van der Waals surface area (Å²) in [5.41, 5.74) is 1.99. The lowest BCUT2D eigenvalue weighted by Gasteiger charge is -2.14. The molecule has 0 saturated heterocycles. The summed E-state index contributed by atoms with van der Waals surface area (Å²) in [6.45, 7) is 8.69. The van der Waals surface area contributed by atoms with Crippen LogP contribution in [-0.2, 0) is 6.42 Å². The summed E-state index contributed by atoms with van der Waals surface area (Å²) < 4.78 is 5.88. The third-order valence-corrected chi connectivity index (χ3v) is 3.37. The minimum Gasteiger partial charge on any atom is -0.436 e. The van der Waals surface area contributed by atoms with Crippen LogP contribution in [0.3, 0.4) is 0 Å². The molecule has 2 aromatic heterocycles. The van der Waals surface area contributed by atoms with Crippen LogP contribution in [0.5, 0.6) is 0 Å². The molecule has 0 amide bonds. The van der Waals surface area contributed by atoms with Gasteiger partial charge in [0.25, 0.3) is 0 Å². The van der Waals surface area contributed by atoms with E-state index in [0.29, 0.717) is 10.9 Å². The molecule has 2 heterocycles. The van der Waals surface area contributed by atoms with Crippen molar-refractivity contribution < 1.29 is 4.42 Å². The summed E-state index contributed by atoms with van der Waals surface area (Å²) in [6.07, 6.45) is 9.24. The normalized spacial score (nSPS) is 12.2. The van der Waals surface area contributed by atoms with Gasteiger partial charge in [0.15, 0.2) is 5.76 Å². The summed E-state index contributed by atoms with van der Waals surface area (Å²) in [7, 11) is 0. The molecular weight excluding hydrogens is 284 g/mol. The van der Waals surface area contributed by atoms with E-state index in [2.05, 4.69) is 43.7 Å². The van der Waals surface area contributed by atoms with Crippen molar-refractivity contribution in [3.63, 3.8) is 0 Å². The number of halogens is 1. The van der Waals surface area contributed by atoms with Gasteiger partial charge >= 0.3 is 0 Å².